The zero-order valence-electron chi connectivity index (χ0n) is 14.3. The Labute approximate surface area is 146 Å². The Bertz CT molecular complexity index is 638. The van der Waals surface area contributed by atoms with Crippen LogP contribution in [-0.4, -0.2) is 41.9 Å². The lowest BCUT2D eigenvalue weighted by molar-refractivity contribution is -0.384. The lowest BCUT2D eigenvalue weighted by Crippen LogP contribution is -2.49. The first-order valence-corrected chi connectivity index (χ1v) is 9.01. The molecule has 1 heterocycles. The molecule has 0 aromatic heterocycles. The van der Waals surface area contributed by atoms with Gasteiger partial charge in [-0.1, -0.05) is 25.7 Å². The molecule has 0 atom stereocenters. The molecule has 0 radical (unpaired) electrons. The Morgan fingerprint density at radius 3 is 2.52 bits per heavy atom. The number of carbonyl (C=O) groups excluding carboxylic acids is 1. The Kier molecular flexibility index (Phi) is 5.50. The fraction of sp³-hybridized carbons (Fsp3) is 0.611. The molecule has 25 heavy (non-hydrogen) atoms. The van der Waals surface area contributed by atoms with Crippen molar-refractivity contribution in [3.63, 3.8) is 0 Å². The molecule has 0 spiro atoms. The molecule has 1 amide bonds. The molecule has 2 fully saturated rings. The molecule has 1 saturated carbocycles. The molecule has 1 aromatic rings. The third kappa shape index (κ3) is 4.27. The van der Waals surface area contributed by atoms with Gasteiger partial charge in [-0.2, -0.15) is 0 Å². The van der Waals surface area contributed by atoms with E-state index in [0.29, 0.717) is 44.2 Å². The van der Waals surface area contributed by atoms with Gasteiger partial charge in [-0.15, -0.1) is 0 Å². The normalized spacial score (nSPS) is 18.6. The second-order valence-corrected chi connectivity index (χ2v) is 6.95. The van der Waals surface area contributed by atoms with Crippen molar-refractivity contribution < 1.29 is 14.1 Å². The van der Waals surface area contributed by atoms with Gasteiger partial charge in [0.05, 0.1) is 4.92 Å². The van der Waals surface area contributed by atoms with Crippen LogP contribution >= 0.6 is 0 Å². The van der Waals surface area contributed by atoms with Crippen molar-refractivity contribution in [3.05, 3.63) is 34.1 Å². The third-order valence-electron chi connectivity index (χ3n) is 5.35. The number of amides is 1. The molecule has 2 aliphatic rings. The highest BCUT2D eigenvalue weighted by molar-refractivity contribution is 5.76. The number of carbonyl (C=O) groups is 1. The van der Waals surface area contributed by atoms with Gasteiger partial charge in [-0.05, 0) is 18.4 Å². The van der Waals surface area contributed by atoms with E-state index in [0.717, 1.165) is 12.5 Å². The van der Waals surface area contributed by atoms with Gasteiger partial charge in [0.25, 0.3) is 5.69 Å². The van der Waals surface area contributed by atoms with Gasteiger partial charge in [0.1, 0.15) is 11.5 Å². The van der Waals surface area contributed by atoms with Crippen LogP contribution in [0, 0.1) is 21.8 Å². The molecule has 6 nitrogen and oxygen atoms in total. The van der Waals surface area contributed by atoms with E-state index < -0.39 is 10.7 Å². The highest BCUT2D eigenvalue weighted by atomic mass is 19.1. The molecule has 0 N–H and O–H groups in total. The average Bonchev–Trinajstić information content (AvgIpc) is 3.13. The second kappa shape index (κ2) is 7.80. The fourth-order valence-corrected chi connectivity index (χ4v) is 3.89. The first kappa shape index (κ1) is 17.6. The van der Waals surface area contributed by atoms with Crippen molar-refractivity contribution in [2.45, 2.75) is 38.5 Å². The maximum atomic E-state index is 13.5. The van der Waals surface area contributed by atoms with Crippen LogP contribution in [0.2, 0.25) is 0 Å². The maximum absolute atomic E-state index is 13.5. The lowest BCUT2D eigenvalue weighted by atomic mass is 10.0. The Hall–Kier alpha value is -2.18. The summed E-state index contributed by atoms with van der Waals surface area (Å²) in [5, 5.41) is 11.2. The van der Waals surface area contributed by atoms with Crippen LogP contribution in [-0.2, 0) is 4.79 Å². The summed E-state index contributed by atoms with van der Waals surface area (Å²) in [5.74, 6) is 0.371. The number of benzene rings is 1. The molecule has 7 heteroatoms. The van der Waals surface area contributed by atoms with Crippen molar-refractivity contribution >= 4 is 17.3 Å². The van der Waals surface area contributed by atoms with E-state index >= 15 is 0 Å². The van der Waals surface area contributed by atoms with Crippen LogP contribution in [0.3, 0.4) is 0 Å². The number of nitro benzene ring substituents is 1. The maximum Gasteiger partial charge on any atom is 0.292 e. The molecule has 1 saturated heterocycles. The summed E-state index contributed by atoms with van der Waals surface area (Å²) in [7, 11) is 0. The number of rotatable bonds is 5. The third-order valence-corrected chi connectivity index (χ3v) is 5.35. The lowest BCUT2D eigenvalue weighted by Gasteiger charge is -2.36. The number of hydrogen-bond donors (Lipinski definition) is 0. The molecule has 1 aliphatic heterocycles. The second-order valence-electron chi connectivity index (χ2n) is 6.95. The minimum Gasteiger partial charge on any atom is -0.362 e. The number of halogens is 1. The predicted octanol–water partition coefficient (Wildman–Crippen LogP) is 3.35. The number of piperazine rings is 1. The average molecular weight is 349 g/mol. The first-order valence-electron chi connectivity index (χ1n) is 9.01. The summed E-state index contributed by atoms with van der Waals surface area (Å²) >= 11 is 0. The molecular formula is C18H24FN3O3. The summed E-state index contributed by atoms with van der Waals surface area (Å²) in [6.45, 7) is 2.02. The van der Waals surface area contributed by atoms with Gasteiger partial charge in [0.15, 0.2) is 0 Å². The van der Waals surface area contributed by atoms with Crippen molar-refractivity contribution in [3.8, 4) is 0 Å². The van der Waals surface area contributed by atoms with Gasteiger partial charge in [-0.3, -0.25) is 14.9 Å². The highest BCUT2D eigenvalue weighted by Gasteiger charge is 2.26. The SMILES string of the molecule is O=C(CCC1CCCC1)N1CCN(c2cc(F)ccc2[N+](=O)[O-])CC1. The fourth-order valence-electron chi connectivity index (χ4n) is 3.89. The van der Waals surface area contributed by atoms with Crippen LogP contribution in [0.1, 0.15) is 38.5 Å². The Morgan fingerprint density at radius 1 is 1.20 bits per heavy atom. The molecule has 0 unspecified atom stereocenters. The number of anilines is 1. The molecule has 136 valence electrons. The summed E-state index contributed by atoms with van der Waals surface area (Å²) < 4.78 is 13.5. The van der Waals surface area contributed by atoms with Crippen LogP contribution in [0.4, 0.5) is 15.8 Å². The van der Waals surface area contributed by atoms with Gasteiger partial charge in [0, 0.05) is 44.7 Å². The van der Waals surface area contributed by atoms with Gasteiger partial charge in [0.2, 0.25) is 5.91 Å². The summed E-state index contributed by atoms with van der Waals surface area (Å²) in [5.41, 5.74) is 0.200. The smallest absolute Gasteiger partial charge is 0.292 e. The van der Waals surface area contributed by atoms with Crippen molar-refractivity contribution in [2.75, 3.05) is 31.1 Å². The van der Waals surface area contributed by atoms with Crippen LogP contribution in [0.25, 0.3) is 0 Å². The quantitative estimate of drug-likeness (QED) is 0.604. The van der Waals surface area contributed by atoms with Crippen LogP contribution < -0.4 is 4.90 Å². The van der Waals surface area contributed by atoms with E-state index in [4.69, 9.17) is 0 Å². The standard InChI is InChI=1S/C18H24FN3O3/c19-15-6-7-16(22(24)25)17(13-15)20-9-11-21(12-10-20)18(23)8-5-14-3-1-2-4-14/h6-7,13-14H,1-5,8-12H2. The topological polar surface area (TPSA) is 66.7 Å². The van der Waals surface area contributed by atoms with E-state index in [1.165, 1.54) is 37.8 Å². The van der Waals surface area contributed by atoms with Crippen molar-refractivity contribution in [2.24, 2.45) is 5.92 Å². The molecule has 1 aromatic carbocycles. The molecule has 3 rings (SSSR count). The van der Waals surface area contributed by atoms with E-state index in [-0.39, 0.29) is 11.6 Å². The summed E-state index contributed by atoms with van der Waals surface area (Å²) in [4.78, 5) is 26.6. The molecule has 0 bridgehead atoms. The van der Waals surface area contributed by atoms with E-state index in [1.807, 2.05) is 4.90 Å². The zero-order chi connectivity index (χ0) is 17.8. The van der Waals surface area contributed by atoms with Crippen molar-refractivity contribution in [1.29, 1.82) is 0 Å². The van der Waals surface area contributed by atoms with Crippen molar-refractivity contribution in [1.82, 2.24) is 4.90 Å². The number of nitrogens with zero attached hydrogens (tertiary/aromatic N) is 3. The van der Waals surface area contributed by atoms with Crippen LogP contribution in [0.15, 0.2) is 18.2 Å². The minimum absolute atomic E-state index is 0.0950. The Balaban J connectivity index is 1.55. The summed E-state index contributed by atoms with van der Waals surface area (Å²) in [6.07, 6.45) is 6.60. The predicted molar refractivity (Wildman–Crippen MR) is 93.0 cm³/mol. The number of hydrogen-bond acceptors (Lipinski definition) is 4. The summed E-state index contributed by atoms with van der Waals surface area (Å²) in [6, 6.07) is 3.50. The minimum atomic E-state index is -0.492. The largest absolute Gasteiger partial charge is 0.362 e. The molecule has 1 aliphatic carbocycles. The number of nitro groups is 1. The Morgan fingerprint density at radius 2 is 1.88 bits per heavy atom. The first-order chi connectivity index (χ1) is 12.0. The molecular weight excluding hydrogens is 325 g/mol. The zero-order valence-corrected chi connectivity index (χ0v) is 14.3. The van der Waals surface area contributed by atoms with E-state index in [9.17, 15) is 19.3 Å². The van der Waals surface area contributed by atoms with E-state index in [2.05, 4.69) is 0 Å². The van der Waals surface area contributed by atoms with E-state index in [1.54, 1.807) is 4.90 Å². The highest BCUT2D eigenvalue weighted by Crippen LogP contribution is 2.31. The van der Waals surface area contributed by atoms with Gasteiger partial charge in [-0.25, -0.2) is 4.39 Å². The van der Waals surface area contributed by atoms with Crippen LogP contribution in [0.5, 0.6) is 0 Å². The van der Waals surface area contributed by atoms with Gasteiger partial charge >= 0.3 is 0 Å². The monoisotopic (exact) mass is 349 g/mol. The van der Waals surface area contributed by atoms with Gasteiger partial charge < -0.3 is 9.80 Å².